The maximum Gasteiger partial charge on any atom is 0.183 e. The molecule has 0 N–H and O–H groups in total. The number of hydrogen-bond acceptors (Lipinski definition) is 3. The molecule has 0 spiro atoms. The van der Waals surface area contributed by atoms with Gasteiger partial charge >= 0.3 is 0 Å². The summed E-state index contributed by atoms with van der Waals surface area (Å²) in [5.74, 6) is 0. The molecule has 0 radical (unpaired) electrons. The molecule has 0 aliphatic heterocycles. The van der Waals surface area contributed by atoms with E-state index >= 15 is 0 Å². The molecule has 1 aromatic heterocycles. The molecule has 72 valence electrons. The van der Waals surface area contributed by atoms with Gasteiger partial charge in [0.05, 0.1) is 0 Å². The van der Waals surface area contributed by atoms with Crippen LogP contribution in [0.25, 0.3) is 10.6 Å². The molecular weight excluding hydrogens is 260 g/mol. The van der Waals surface area contributed by atoms with Crippen molar-refractivity contribution in [2.24, 2.45) is 0 Å². The summed E-state index contributed by atoms with van der Waals surface area (Å²) in [6, 6.07) is 6.23. The van der Waals surface area contributed by atoms with Crippen molar-refractivity contribution in [1.82, 2.24) is 10.2 Å². The molecule has 0 amide bonds. The first-order valence-electron chi connectivity index (χ1n) is 4.24. The van der Waals surface area contributed by atoms with Crippen LogP contribution in [0.15, 0.2) is 22.1 Å². The molecule has 0 fully saturated rings. The van der Waals surface area contributed by atoms with Gasteiger partial charge in [0.1, 0.15) is 5.01 Å². The number of halogens is 1. The maximum absolute atomic E-state index is 4.11. The number of hydrogen-bond donors (Lipinski definition) is 0. The third-order valence-corrected chi connectivity index (χ3v) is 3.62. The van der Waals surface area contributed by atoms with E-state index in [2.05, 4.69) is 52.1 Å². The van der Waals surface area contributed by atoms with Gasteiger partial charge in [-0.3, -0.25) is 0 Å². The predicted molar refractivity (Wildman–Crippen MR) is 62.5 cm³/mol. The van der Waals surface area contributed by atoms with Gasteiger partial charge in [-0.05, 0) is 40.9 Å². The van der Waals surface area contributed by atoms with Crippen LogP contribution in [0, 0.1) is 13.8 Å². The highest BCUT2D eigenvalue weighted by molar-refractivity contribution is 9.11. The van der Waals surface area contributed by atoms with E-state index < -0.39 is 0 Å². The Morgan fingerprint density at radius 3 is 2.64 bits per heavy atom. The Kier molecular flexibility index (Phi) is 2.65. The SMILES string of the molecule is Cc1cccc(-c2nnc(Br)s2)c1C. The fourth-order valence-corrected chi connectivity index (χ4v) is 2.49. The maximum atomic E-state index is 4.11. The van der Waals surface area contributed by atoms with E-state index in [-0.39, 0.29) is 0 Å². The average Bonchev–Trinajstić information content (AvgIpc) is 2.57. The first-order chi connectivity index (χ1) is 6.68. The predicted octanol–water partition coefficient (Wildman–Crippen LogP) is 3.58. The lowest BCUT2D eigenvalue weighted by Crippen LogP contribution is -1.85. The van der Waals surface area contributed by atoms with Crippen LogP contribution >= 0.6 is 27.3 Å². The highest BCUT2D eigenvalue weighted by atomic mass is 79.9. The number of nitrogens with zero attached hydrogens (tertiary/aromatic N) is 2. The standard InChI is InChI=1S/C10H9BrN2S/c1-6-4-3-5-8(7(6)2)9-12-13-10(11)14-9/h3-5H,1-2H3. The summed E-state index contributed by atoms with van der Waals surface area (Å²) < 4.78 is 0.827. The molecule has 4 heteroatoms. The van der Waals surface area contributed by atoms with Crippen molar-refractivity contribution in [3.05, 3.63) is 33.2 Å². The second-order valence-electron chi connectivity index (χ2n) is 3.11. The van der Waals surface area contributed by atoms with Gasteiger partial charge in [-0.2, -0.15) is 0 Å². The third kappa shape index (κ3) is 1.72. The molecule has 0 unspecified atom stereocenters. The first kappa shape index (κ1) is 9.80. The molecular formula is C10H9BrN2S. The summed E-state index contributed by atoms with van der Waals surface area (Å²) in [4.78, 5) is 0. The third-order valence-electron chi connectivity index (χ3n) is 2.24. The van der Waals surface area contributed by atoms with Crippen molar-refractivity contribution >= 4 is 27.3 Å². The average molecular weight is 269 g/mol. The lowest BCUT2D eigenvalue weighted by atomic mass is 10.0. The van der Waals surface area contributed by atoms with Crippen molar-refractivity contribution in [1.29, 1.82) is 0 Å². The van der Waals surface area contributed by atoms with E-state index in [1.165, 1.54) is 16.7 Å². The quantitative estimate of drug-likeness (QED) is 0.790. The summed E-state index contributed by atoms with van der Waals surface area (Å²) in [6.07, 6.45) is 0. The molecule has 0 bridgehead atoms. The summed E-state index contributed by atoms with van der Waals surface area (Å²) in [6.45, 7) is 4.22. The van der Waals surface area contributed by atoms with Crippen molar-refractivity contribution < 1.29 is 0 Å². The van der Waals surface area contributed by atoms with E-state index in [0.717, 1.165) is 8.92 Å². The van der Waals surface area contributed by atoms with Crippen LogP contribution in [0.2, 0.25) is 0 Å². The Morgan fingerprint density at radius 1 is 1.21 bits per heavy atom. The summed E-state index contributed by atoms with van der Waals surface area (Å²) in [5.41, 5.74) is 3.73. The molecule has 2 aromatic rings. The lowest BCUT2D eigenvalue weighted by molar-refractivity contribution is 1.07. The van der Waals surface area contributed by atoms with E-state index in [4.69, 9.17) is 0 Å². The van der Waals surface area contributed by atoms with Gasteiger partial charge in [0.2, 0.25) is 0 Å². The Morgan fingerprint density at radius 2 is 2.00 bits per heavy atom. The molecule has 0 atom stereocenters. The second kappa shape index (κ2) is 3.79. The van der Waals surface area contributed by atoms with Crippen molar-refractivity contribution in [3.8, 4) is 10.6 Å². The van der Waals surface area contributed by atoms with E-state index in [1.807, 2.05) is 6.07 Å². The highest BCUT2D eigenvalue weighted by Gasteiger charge is 2.08. The molecule has 0 saturated heterocycles. The smallest absolute Gasteiger partial charge is 0.137 e. The Bertz CT molecular complexity index is 465. The molecule has 1 aromatic carbocycles. The normalized spacial score (nSPS) is 10.5. The number of aromatic nitrogens is 2. The van der Waals surface area contributed by atoms with Crippen LogP contribution < -0.4 is 0 Å². The molecule has 2 rings (SSSR count). The minimum Gasteiger partial charge on any atom is -0.137 e. The Labute approximate surface area is 95.1 Å². The van der Waals surface area contributed by atoms with Gasteiger partial charge in [0.25, 0.3) is 0 Å². The minimum atomic E-state index is 0.827. The van der Waals surface area contributed by atoms with Crippen LogP contribution in [0.3, 0.4) is 0 Å². The topological polar surface area (TPSA) is 25.8 Å². The van der Waals surface area contributed by atoms with E-state index in [1.54, 1.807) is 11.3 Å². The van der Waals surface area contributed by atoms with Crippen molar-refractivity contribution in [2.45, 2.75) is 13.8 Å². The summed E-state index contributed by atoms with van der Waals surface area (Å²) >= 11 is 4.88. The van der Waals surface area contributed by atoms with E-state index in [0.29, 0.717) is 0 Å². The van der Waals surface area contributed by atoms with Gasteiger partial charge in [-0.25, -0.2) is 0 Å². The van der Waals surface area contributed by atoms with Gasteiger partial charge in [-0.1, -0.05) is 29.5 Å². The molecule has 0 aliphatic carbocycles. The monoisotopic (exact) mass is 268 g/mol. The molecule has 14 heavy (non-hydrogen) atoms. The lowest BCUT2D eigenvalue weighted by Gasteiger charge is -2.03. The van der Waals surface area contributed by atoms with Crippen LogP contribution in [0.4, 0.5) is 0 Å². The number of benzene rings is 1. The zero-order chi connectivity index (χ0) is 10.1. The Balaban J connectivity index is 2.57. The minimum absolute atomic E-state index is 0.827. The first-order valence-corrected chi connectivity index (χ1v) is 5.85. The fourth-order valence-electron chi connectivity index (χ4n) is 1.30. The molecule has 1 heterocycles. The fraction of sp³-hybridized carbons (Fsp3) is 0.200. The van der Waals surface area contributed by atoms with Gasteiger partial charge < -0.3 is 0 Å². The largest absolute Gasteiger partial charge is 0.183 e. The molecule has 0 aliphatic rings. The summed E-state index contributed by atoms with van der Waals surface area (Å²) in [7, 11) is 0. The zero-order valence-corrected chi connectivity index (χ0v) is 10.3. The van der Waals surface area contributed by atoms with Gasteiger partial charge in [0.15, 0.2) is 3.92 Å². The number of aryl methyl sites for hydroxylation is 1. The number of rotatable bonds is 1. The zero-order valence-electron chi connectivity index (χ0n) is 7.91. The van der Waals surface area contributed by atoms with Crippen LogP contribution in [0.5, 0.6) is 0 Å². The van der Waals surface area contributed by atoms with Crippen LogP contribution in [0.1, 0.15) is 11.1 Å². The van der Waals surface area contributed by atoms with E-state index in [9.17, 15) is 0 Å². The molecule has 2 nitrogen and oxygen atoms in total. The van der Waals surface area contributed by atoms with Crippen LogP contribution in [-0.4, -0.2) is 10.2 Å². The molecule has 0 saturated carbocycles. The van der Waals surface area contributed by atoms with Crippen molar-refractivity contribution in [2.75, 3.05) is 0 Å². The van der Waals surface area contributed by atoms with Crippen molar-refractivity contribution in [3.63, 3.8) is 0 Å². The second-order valence-corrected chi connectivity index (χ2v) is 5.36. The van der Waals surface area contributed by atoms with Gasteiger partial charge in [-0.15, -0.1) is 10.2 Å². The van der Waals surface area contributed by atoms with Crippen LogP contribution in [-0.2, 0) is 0 Å². The van der Waals surface area contributed by atoms with Gasteiger partial charge in [0, 0.05) is 5.56 Å². The highest BCUT2D eigenvalue weighted by Crippen LogP contribution is 2.29. The summed E-state index contributed by atoms with van der Waals surface area (Å²) in [5, 5.41) is 9.03. The Hall–Kier alpha value is -0.740.